The van der Waals surface area contributed by atoms with Gasteiger partial charge in [0.25, 0.3) is 0 Å². The van der Waals surface area contributed by atoms with Crippen molar-refractivity contribution in [2.45, 2.75) is 18.2 Å². The minimum Gasteiger partial charge on any atom is -0.466 e. The zero-order valence-corrected chi connectivity index (χ0v) is 9.55. The Labute approximate surface area is 98.2 Å². The van der Waals surface area contributed by atoms with Crippen LogP contribution in [0, 0.1) is 17.1 Å². The average molecular weight is 239 g/mol. The molecule has 0 aliphatic heterocycles. The van der Waals surface area contributed by atoms with Crippen LogP contribution in [-0.4, -0.2) is 12.6 Å². The van der Waals surface area contributed by atoms with Crippen LogP contribution in [0.3, 0.4) is 0 Å². The van der Waals surface area contributed by atoms with E-state index >= 15 is 0 Å². The molecular weight excluding hydrogens is 229 g/mol. The van der Waals surface area contributed by atoms with Crippen molar-refractivity contribution in [3.8, 4) is 6.07 Å². The van der Waals surface area contributed by atoms with Crippen molar-refractivity contribution in [1.29, 1.82) is 5.26 Å². The maximum Gasteiger partial charge on any atom is 0.310 e. The molecule has 3 nitrogen and oxygen atoms in total. The van der Waals surface area contributed by atoms with Crippen LogP contribution in [0.1, 0.15) is 18.1 Å². The van der Waals surface area contributed by atoms with E-state index in [1.807, 2.05) is 6.07 Å². The second kappa shape index (κ2) is 5.52. The van der Waals surface area contributed by atoms with Crippen LogP contribution in [0.5, 0.6) is 0 Å². The number of carbonyl (C=O) groups is 1. The fourth-order valence-corrected chi connectivity index (χ4v) is 1.47. The van der Waals surface area contributed by atoms with Gasteiger partial charge >= 0.3 is 5.97 Å². The zero-order chi connectivity index (χ0) is 12.1. The molecule has 0 heterocycles. The van der Waals surface area contributed by atoms with Crippen LogP contribution in [0.15, 0.2) is 17.0 Å². The highest BCUT2D eigenvalue weighted by molar-refractivity contribution is 7.80. The first-order chi connectivity index (χ1) is 7.58. The van der Waals surface area contributed by atoms with Crippen molar-refractivity contribution in [2.75, 3.05) is 6.61 Å². The van der Waals surface area contributed by atoms with Gasteiger partial charge in [-0.2, -0.15) is 5.26 Å². The molecule has 0 spiro atoms. The smallest absolute Gasteiger partial charge is 0.310 e. The van der Waals surface area contributed by atoms with Crippen LogP contribution < -0.4 is 0 Å². The Balaban J connectivity index is 2.95. The van der Waals surface area contributed by atoms with Gasteiger partial charge in [-0.3, -0.25) is 4.79 Å². The van der Waals surface area contributed by atoms with Crippen molar-refractivity contribution >= 4 is 18.6 Å². The second-order valence-corrected chi connectivity index (χ2v) is 3.54. The summed E-state index contributed by atoms with van der Waals surface area (Å²) in [5.41, 5.74) is 0.330. The molecule has 0 fully saturated rings. The van der Waals surface area contributed by atoms with Crippen molar-refractivity contribution in [3.05, 3.63) is 29.1 Å². The Hall–Kier alpha value is -1.54. The van der Waals surface area contributed by atoms with Gasteiger partial charge in [-0.15, -0.1) is 12.6 Å². The zero-order valence-electron chi connectivity index (χ0n) is 8.66. The predicted molar refractivity (Wildman–Crippen MR) is 58.7 cm³/mol. The number of rotatable bonds is 3. The lowest BCUT2D eigenvalue weighted by Crippen LogP contribution is -2.09. The third kappa shape index (κ3) is 2.97. The third-order valence-electron chi connectivity index (χ3n) is 1.93. The Morgan fingerprint density at radius 1 is 1.62 bits per heavy atom. The van der Waals surface area contributed by atoms with E-state index in [-0.39, 0.29) is 24.2 Å². The van der Waals surface area contributed by atoms with Gasteiger partial charge in [-0.25, -0.2) is 4.39 Å². The highest BCUT2D eigenvalue weighted by Crippen LogP contribution is 2.19. The summed E-state index contributed by atoms with van der Waals surface area (Å²) in [6, 6.07) is 4.24. The number of thiol groups is 1. The molecule has 0 atom stereocenters. The first kappa shape index (κ1) is 12.5. The predicted octanol–water partition coefficient (Wildman–Crippen LogP) is 2.09. The van der Waals surface area contributed by atoms with Gasteiger partial charge in [0, 0.05) is 10.5 Å². The Morgan fingerprint density at radius 2 is 2.31 bits per heavy atom. The SMILES string of the molecule is CCOC(=O)Cc1cc(S)c(C#N)cc1F. The number of carbonyl (C=O) groups excluding carboxylic acids is 1. The van der Waals surface area contributed by atoms with Crippen molar-refractivity contribution in [2.24, 2.45) is 0 Å². The lowest BCUT2D eigenvalue weighted by molar-refractivity contribution is -0.142. The summed E-state index contributed by atoms with van der Waals surface area (Å²) >= 11 is 4.03. The molecule has 16 heavy (non-hydrogen) atoms. The maximum atomic E-state index is 13.4. The number of hydrogen-bond acceptors (Lipinski definition) is 4. The van der Waals surface area contributed by atoms with E-state index < -0.39 is 11.8 Å². The summed E-state index contributed by atoms with van der Waals surface area (Å²) in [5.74, 6) is -1.10. The normalized spacial score (nSPS) is 9.62. The van der Waals surface area contributed by atoms with E-state index in [0.717, 1.165) is 6.07 Å². The topological polar surface area (TPSA) is 50.1 Å². The highest BCUT2D eigenvalue weighted by Gasteiger charge is 2.12. The maximum absolute atomic E-state index is 13.4. The van der Waals surface area contributed by atoms with Crippen LogP contribution in [0.2, 0.25) is 0 Å². The molecule has 1 aromatic carbocycles. The second-order valence-electron chi connectivity index (χ2n) is 3.05. The summed E-state index contributed by atoms with van der Waals surface area (Å²) < 4.78 is 18.1. The fourth-order valence-electron chi connectivity index (χ4n) is 1.20. The first-order valence-electron chi connectivity index (χ1n) is 4.65. The molecule has 5 heteroatoms. The molecule has 0 saturated heterocycles. The van der Waals surface area contributed by atoms with E-state index in [1.54, 1.807) is 6.92 Å². The molecule has 0 bridgehead atoms. The van der Waals surface area contributed by atoms with E-state index in [1.165, 1.54) is 6.07 Å². The Bertz CT molecular complexity index is 454. The number of nitriles is 1. The van der Waals surface area contributed by atoms with Crippen molar-refractivity contribution in [3.63, 3.8) is 0 Å². The molecule has 0 aromatic heterocycles. The van der Waals surface area contributed by atoms with E-state index in [0.29, 0.717) is 4.90 Å². The van der Waals surface area contributed by atoms with E-state index in [9.17, 15) is 9.18 Å². The van der Waals surface area contributed by atoms with Crippen LogP contribution >= 0.6 is 12.6 Å². The van der Waals surface area contributed by atoms with Crippen LogP contribution in [0.4, 0.5) is 4.39 Å². The van der Waals surface area contributed by atoms with E-state index in [2.05, 4.69) is 12.6 Å². The molecule has 84 valence electrons. The van der Waals surface area contributed by atoms with Gasteiger partial charge in [0.1, 0.15) is 11.9 Å². The van der Waals surface area contributed by atoms with Gasteiger partial charge in [0.05, 0.1) is 18.6 Å². The number of esters is 1. The summed E-state index contributed by atoms with van der Waals surface area (Å²) in [7, 11) is 0. The highest BCUT2D eigenvalue weighted by atomic mass is 32.1. The molecular formula is C11H10FNO2S. The number of hydrogen-bond donors (Lipinski definition) is 1. The van der Waals surface area contributed by atoms with Crippen molar-refractivity contribution in [1.82, 2.24) is 0 Å². The molecule has 0 unspecified atom stereocenters. The van der Waals surface area contributed by atoms with E-state index in [4.69, 9.17) is 10.00 Å². The lowest BCUT2D eigenvalue weighted by atomic mass is 10.1. The Morgan fingerprint density at radius 3 is 2.88 bits per heavy atom. The summed E-state index contributed by atoms with van der Waals surface area (Å²) in [4.78, 5) is 11.5. The average Bonchev–Trinajstić information content (AvgIpc) is 2.23. The number of benzene rings is 1. The van der Waals surface area contributed by atoms with Crippen LogP contribution in [-0.2, 0) is 16.0 Å². The monoisotopic (exact) mass is 239 g/mol. The molecule has 1 rings (SSSR count). The van der Waals surface area contributed by atoms with Gasteiger partial charge in [-0.1, -0.05) is 0 Å². The molecule has 0 radical (unpaired) electrons. The lowest BCUT2D eigenvalue weighted by Gasteiger charge is -2.05. The quantitative estimate of drug-likeness (QED) is 0.649. The number of ether oxygens (including phenoxy) is 1. The molecule has 0 N–H and O–H groups in total. The van der Waals surface area contributed by atoms with Gasteiger partial charge in [0.2, 0.25) is 0 Å². The van der Waals surface area contributed by atoms with Crippen LogP contribution in [0.25, 0.3) is 0 Å². The molecule has 0 amide bonds. The number of nitrogens with zero attached hydrogens (tertiary/aromatic N) is 1. The number of halogens is 1. The largest absolute Gasteiger partial charge is 0.466 e. The molecule has 0 saturated carbocycles. The first-order valence-corrected chi connectivity index (χ1v) is 5.10. The van der Waals surface area contributed by atoms with Crippen molar-refractivity contribution < 1.29 is 13.9 Å². The summed E-state index contributed by atoms with van der Waals surface area (Å²) in [6.07, 6.45) is -0.154. The van der Waals surface area contributed by atoms with Gasteiger partial charge in [-0.05, 0) is 19.1 Å². The standard InChI is InChI=1S/C11H10FNO2S/c1-2-15-11(14)5-7-4-10(16)8(6-13)3-9(7)12/h3-4,16H,2,5H2,1H3. The molecule has 0 aliphatic carbocycles. The Kier molecular flexibility index (Phi) is 4.32. The summed E-state index contributed by atoms with van der Waals surface area (Å²) in [5, 5.41) is 8.64. The van der Waals surface area contributed by atoms with Gasteiger partial charge < -0.3 is 4.74 Å². The fraction of sp³-hybridized carbons (Fsp3) is 0.273. The third-order valence-corrected chi connectivity index (χ3v) is 2.30. The molecule has 0 aliphatic rings. The minimum absolute atomic E-state index is 0.147. The minimum atomic E-state index is -0.595. The molecule has 1 aromatic rings. The van der Waals surface area contributed by atoms with Gasteiger partial charge in [0.15, 0.2) is 0 Å². The summed E-state index contributed by atoms with van der Waals surface area (Å²) in [6.45, 7) is 1.93.